The largest absolute Gasteiger partial charge is 0.354 e. The Morgan fingerprint density at radius 1 is 1.30 bits per heavy atom. The minimum Gasteiger partial charge on any atom is -0.354 e. The maximum atomic E-state index is 5.62. The summed E-state index contributed by atoms with van der Waals surface area (Å²) in [7, 11) is 0. The number of pyridine rings is 1. The van der Waals surface area contributed by atoms with Crippen LogP contribution in [0.4, 0.5) is 5.82 Å². The van der Waals surface area contributed by atoms with Crippen LogP contribution in [0.3, 0.4) is 0 Å². The first kappa shape index (κ1) is 13.8. The fourth-order valence-corrected chi connectivity index (χ4v) is 3.61. The topological polar surface area (TPSA) is 45.4 Å². The lowest BCUT2D eigenvalue weighted by Crippen LogP contribution is -2.55. The summed E-state index contributed by atoms with van der Waals surface area (Å²) in [5.74, 6) is 1.18. The monoisotopic (exact) mass is 274 g/mol. The second-order valence-electron chi connectivity index (χ2n) is 6.15. The van der Waals surface area contributed by atoms with Crippen molar-refractivity contribution in [3.05, 3.63) is 23.4 Å². The van der Waals surface area contributed by atoms with Crippen LogP contribution < -0.4 is 10.6 Å². The Hall–Kier alpha value is -1.13. The van der Waals surface area contributed by atoms with Gasteiger partial charge in [0.25, 0.3) is 0 Å². The molecule has 4 heteroatoms. The van der Waals surface area contributed by atoms with Crippen LogP contribution in [0.25, 0.3) is 0 Å². The number of rotatable bonds is 3. The first-order chi connectivity index (χ1) is 9.78. The van der Waals surface area contributed by atoms with E-state index in [1.807, 2.05) is 6.20 Å². The Labute approximate surface area is 122 Å². The van der Waals surface area contributed by atoms with E-state index in [-0.39, 0.29) is 0 Å². The Bertz CT molecular complexity index is 460. The Kier molecular flexibility index (Phi) is 4.22. The maximum Gasteiger partial charge on any atom is 0.131 e. The quantitative estimate of drug-likeness (QED) is 0.909. The number of fused-ring (bicyclic) bond motifs is 1. The molecule has 0 saturated carbocycles. The molecular formula is C16H26N4. The molecule has 4 nitrogen and oxygen atoms in total. The highest BCUT2D eigenvalue weighted by Crippen LogP contribution is 2.26. The summed E-state index contributed by atoms with van der Waals surface area (Å²) in [6.45, 7) is 7.61. The summed E-state index contributed by atoms with van der Waals surface area (Å²) in [5.41, 5.74) is 8.17. The van der Waals surface area contributed by atoms with Crippen LogP contribution in [0.15, 0.2) is 12.3 Å². The van der Waals surface area contributed by atoms with Gasteiger partial charge >= 0.3 is 0 Å². The molecule has 0 spiro atoms. The average molecular weight is 274 g/mol. The van der Waals surface area contributed by atoms with E-state index in [0.717, 1.165) is 25.6 Å². The van der Waals surface area contributed by atoms with E-state index < -0.39 is 0 Å². The Balaban J connectivity index is 1.72. The number of aryl methyl sites for hydroxylation is 1. The van der Waals surface area contributed by atoms with Gasteiger partial charge in [-0.2, -0.15) is 0 Å². The van der Waals surface area contributed by atoms with Gasteiger partial charge in [-0.3, -0.25) is 4.90 Å². The van der Waals surface area contributed by atoms with Crippen molar-refractivity contribution in [1.29, 1.82) is 0 Å². The van der Waals surface area contributed by atoms with E-state index in [4.69, 9.17) is 10.7 Å². The third kappa shape index (κ3) is 2.81. The van der Waals surface area contributed by atoms with Crippen molar-refractivity contribution >= 4 is 5.82 Å². The number of hydrogen-bond acceptors (Lipinski definition) is 4. The minimum atomic E-state index is 0.696. The predicted octanol–water partition coefficient (Wildman–Crippen LogP) is 1.57. The summed E-state index contributed by atoms with van der Waals surface area (Å²) < 4.78 is 0. The zero-order chi connectivity index (χ0) is 13.9. The fourth-order valence-electron chi connectivity index (χ4n) is 3.61. The highest BCUT2D eigenvalue weighted by Gasteiger charge is 2.29. The number of hydrogen-bond donors (Lipinski definition) is 1. The standard InChI is InChI=1S/C16H26N4/c1-13-10-14(5-6-17)11-18-16(13)20-9-8-19-7-3-2-4-15(19)12-20/h10-11,15H,2-9,12,17H2,1H3. The Morgan fingerprint density at radius 3 is 3.00 bits per heavy atom. The molecule has 110 valence electrons. The summed E-state index contributed by atoms with van der Waals surface area (Å²) in [5, 5.41) is 0. The number of anilines is 1. The first-order valence-electron chi connectivity index (χ1n) is 7.92. The third-order valence-corrected chi connectivity index (χ3v) is 4.68. The van der Waals surface area contributed by atoms with Crippen LogP contribution in [-0.4, -0.2) is 48.6 Å². The second-order valence-corrected chi connectivity index (χ2v) is 6.15. The Morgan fingerprint density at radius 2 is 2.20 bits per heavy atom. The molecule has 1 unspecified atom stereocenters. The zero-order valence-corrected chi connectivity index (χ0v) is 12.5. The SMILES string of the molecule is Cc1cc(CCN)cnc1N1CCN2CCCCC2C1. The van der Waals surface area contributed by atoms with Crippen LogP contribution in [-0.2, 0) is 6.42 Å². The highest BCUT2D eigenvalue weighted by molar-refractivity contribution is 5.48. The molecule has 2 fully saturated rings. The molecular weight excluding hydrogens is 248 g/mol. The summed E-state index contributed by atoms with van der Waals surface area (Å²) in [6.07, 6.45) is 7.03. The van der Waals surface area contributed by atoms with Gasteiger partial charge in [0.05, 0.1) is 0 Å². The molecule has 2 N–H and O–H groups in total. The van der Waals surface area contributed by atoms with Crippen molar-refractivity contribution in [2.75, 3.05) is 37.6 Å². The van der Waals surface area contributed by atoms with Gasteiger partial charge in [0.15, 0.2) is 0 Å². The van der Waals surface area contributed by atoms with Gasteiger partial charge in [0.2, 0.25) is 0 Å². The molecule has 2 aliphatic rings. The molecule has 1 atom stereocenters. The number of piperazine rings is 1. The molecule has 3 heterocycles. The van der Waals surface area contributed by atoms with Gasteiger partial charge in [-0.15, -0.1) is 0 Å². The van der Waals surface area contributed by atoms with E-state index in [0.29, 0.717) is 6.54 Å². The van der Waals surface area contributed by atoms with Crippen LogP contribution in [0.1, 0.15) is 30.4 Å². The highest BCUT2D eigenvalue weighted by atomic mass is 15.3. The molecule has 2 aliphatic heterocycles. The van der Waals surface area contributed by atoms with E-state index in [1.54, 1.807) is 0 Å². The molecule has 2 saturated heterocycles. The van der Waals surface area contributed by atoms with Crippen molar-refractivity contribution in [2.24, 2.45) is 5.73 Å². The van der Waals surface area contributed by atoms with E-state index in [9.17, 15) is 0 Å². The number of nitrogens with two attached hydrogens (primary N) is 1. The van der Waals surface area contributed by atoms with Crippen molar-refractivity contribution in [3.63, 3.8) is 0 Å². The van der Waals surface area contributed by atoms with Crippen molar-refractivity contribution in [3.8, 4) is 0 Å². The van der Waals surface area contributed by atoms with Gasteiger partial charge in [-0.1, -0.05) is 12.5 Å². The van der Waals surface area contributed by atoms with Crippen molar-refractivity contribution in [2.45, 2.75) is 38.6 Å². The lowest BCUT2D eigenvalue weighted by atomic mass is 9.99. The van der Waals surface area contributed by atoms with Gasteiger partial charge < -0.3 is 10.6 Å². The predicted molar refractivity (Wildman–Crippen MR) is 83.2 cm³/mol. The summed E-state index contributed by atoms with van der Waals surface area (Å²) in [6, 6.07) is 2.99. The molecule has 0 radical (unpaired) electrons. The van der Waals surface area contributed by atoms with Crippen LogP contribution in [0.2, 0.25) is 0 Å². The summed E-state index contributed by atoms with van der Waals surface area (Å²) >= 11 is 0. The minimum absolute atomic E-state index is 0.696. The fraction of sp³-hybridized carbons (Fsp3) is 0.688. The van der Waals surface area contributed by atoms with Gasteiger partial charge in [0.1, 0.15) is 5.82 Å². The molecule has 3 rings (SSSR count). The molecule has 0 aliphatic carbocycles. The van der Waals surface area contributed by atoms with E-state index in [2.05, 4.69) is 22.8 Å². The van der Waals surface area contributed by atoms with Crippen LogP contribution in [0.5, 0.6) is 0 Å². The van der Waals surface area contributed by atoms with Gasteiger partial charge in [-0.05, 0) is 50.4 Å². The molecule has 1 aromatic rings. The van der Waals surface area contributed by atoms with E-state index in [1.165, 1.54) is 49.3 Å². The lowest BCUT2D eigenvalue weighted by Gasteiger charge is -2.44. The van der Waals surface area contributed by atoms with E-state index >= 15 is 0 Å². The molecule has 0 aromatic carbocycles. The van der Waals surface area contributed by atoms with Crippen LogP contribution >= 0.6 is 0 Å². The number of aromatic nitrogens is 1. The third-order valence-electron chi connectivity index (χ3n) is 4.68. The van der Waals surface area contributed by atoms with Crippen molar-refractivity contribution in [1.82, 2.24) is 9.88 Å². The lowest BCUT2D eigenvalue weighted by molar-refractivity contribution is 0.133. The smallest absolute Gasteiger partial charge is 0.131 e. The molecule has 20 heavy (non-hydrogen) atoms. The number of piperidine rings is 1. The molecule has 1 aromatic heterocycles. The number of nitrogens with zero attached hydrogens (tertiary/aromatic N) is 3. The van der Waals surface area contributed by atoms with Gasteiger partial charge in [0, 0.05) is 31.9 Å². The summed E-state index contributed by atoms with van der Waals surface area (Å²) in [4.78, 5) is 9.85. The van der Waals surface area contributed by atoms with Crippen molar-refractivity contribution < 1.29 is 0 Å². The molecule has 0 amide bonds. The van der Waals surface area contributed by atoms with Crippen LogP contribution in [0, 0.1) is 6.92 Å². The second kappa shape index (κ2) is 6.10. The van der Waals surface area contributed by atoms with Gasteiger partial charge in [-0.25, -0.2) is 4.98 Å². The average Bonchev–Trinajstić information content (AvgIpc) is 2.47. The zero-order valence-electron chi connectivity index (χ0n) is 12.5. The molecule has 0 bridgehead atoms. The normalized spacial score (nSPS) is 23.7. The first-order valence-corrected chi connectivity index (χ1v) is 7.92. The maximum absolute atomic E-state index is 5.62.